The molecule has 1 N–H and O–H groups in total. The fourth-order valence-electron chi connectivity index (χ4n) is 1.09. The van der Waals surface area contributed by atoms with E-state index in [-0.39, 0.29) is 6.61 Å². The van der Waals surface area contributed by atoms with Crippen molar-refractivity contribution in [2.45, 2.75) is 13.0 Å². The van der Waals surface area contributed by atoms with Gasteiger partial charge in [0.05, 0.1) is 6.61 Å². The maximum atomic E-state index is 8.79. The Hall–Kier alpha value is -1.07. The minimum atomic E-state index is -0.0879. The standard InChI is InChI=1S/C9H16N2O3/c1-11(4-3-5-13-2)9-10-8(6-12)7-14-9/h7,12H,3-6H2,1-2H3. The molecular weight excluding hydrogens is 184 g/mol. The first kappa shape index (κ1) is 11.0. The molecule has 1 heterocycles. The summed E-state index contributed by atoms with van der Waals surface area (Å²) in [6, 6.07) is 0.533. The molecule has 80 valence electrons. The summed E-state index contributed by atoms with van der Waals surface area (Å²) < 4.78 is 10.1. The van der Waals surface area contributed by atoms with E-state index in [9.17, 15) is 0 Å². The molecule has 1 aromatic rings. The Morgan fingerprint density at radius 2 is 2.43 bits per heavy atom. The van der Waals surface area contributed by atoms with Crippen molar-refractivity contribution >= 4 is 6.01 Å². The van der Waals surface area contributed by atoms with Gasteiger partial charge < -0.3 is 19.2 Å². The van der Waals surface area contributed by atoms with Gasteiger partial charge >= 0.3 is 0 Å². The van der Waals surface area contributed by atoms with Crippen LogP contribution in [0.15, 0.2) is 10.7 Å². The van der Waals surface area contributed by atoms with Crippen molar-refractivity contribution in [3.05, 3.63) is 12.0 Å². The van der Waals surface area contributed by atoms with Crippen LogP contribution in [-0.2, 0) is 11.3 Å². The lowest BCUT2D eigenvalue weighted by Crippen LogP contribution is -2.20. The molecule has 0 bridgehead atoms. The van der Waals surface area contributed by atoms with Gasteiger partial charge in [-0.05, 0) is 6.42 Å². The van der Waals surface area contributed by atoms with Crippen LogP contribution in [-0.4, -0.2) is 37.4 Å². The minimum absolute atomic E-state index is 0.0879. The van der Waals surface area contributed by atoms with Gasteiger partial charge in [0.25, 0.3) is 6.01 Å². The Morgan fingerprint density at radius 1 is 1.64 bits per heavy atom. The van der Waals surface area contributed by atoms with Crippen LogP contribution in [0.25, 0.3) is 0 Å². The van der Waals surface area contributed by atoms with E-state index in [0.717, 1.165) is 19.6 Å². The molecule has 0 saturated heterocycles. The Bertz CT molecular complexity index is 262. The summed E-state index contributed by atoms with van der Waals surface area (Å²) in [5.74, 6) is 0. The number of anilines is 1. The van der Waals surface area contributed by atoms with E-state index in [2.05, 4.69) is 4.98 Å². The smallest absolute Gasteiger partial charge is 0.297 e. The fourth-order valence-corrected chi connectivity index (χ4v) is 1.09. The molecule has 1 rings (SSSR count). The third-order valence-electron chi connectivity index (χ3n) is 1.87. The van der Waals surface area contributed by atoms with Crippen LogP contribution in [0.3, 0.4) is 0 Å². The first-order valence-corrected chi connectivity index (χ1v) is 4.53. The van der Waals surface area contributed by atoms with Crippen molar-refractivity contribution in [1.29, 1.82) is 0 Å². The summed E-state index contributed by atoms with van der Waals surface area (Å²) in [7, 11) is 3.57. The number of oxazole rings is 1. The minimum Gasteiger partial charge on any atom is -0.432 e. The van der Waals surface area contributed by atoms with Crippen LogP contribution in [0.5, 0.6) is 0 Å². The van der Waals surface area contributed by atoms with Gasteiger partial charge in [-0.3, -0.25) is 0 Å². The first-order chi connectivity index (χ1) is 6.77. The van der Waals surface area contributed by atoms with Gasteiger partial charge in [0, 0.05) is 27.3 Å². The lowest BCUT2D eigenvalue weighted by molar-refractivity contribution is 0.196. The molecule has 5 nitrogen and oxygen atoms in total. The number of aliphatic hydroxyl groups is 1. The Morgan fingerprint density at radius 3 is 3.00 bits per heavy atom. The summed E-state index contributed by atoms with van der Waals surface area (Å²) >= 11 is 0. The highest BCUT2D eigenvalue weighted by Crippen LogP contribution is 2.11. The largest absolute Gasteiger partial charge is 0.432 e. The van der Waals surface area contributed by atoms with Crippen LogP contribution in [0.2, 0.25) is 0 Å². The van der Waals surface area contributed by atoms with Gasteiger partial charge in [-0.25, -0.2) is 0 Å². The quantitative estimate of drug-likeness (QED) is 0.683. The Labute approximate surface area is 83.3 Å². The van der Waals surface area contributed by atoms with Crippen molar-refractivity contribution in [3.8, 4) is 0 Å². The second-order valence-electron chi connectivity index (χ2n) is 3.05. The average molecular weight is 200 g/mol. The number of hydrogen-bond acceptors (Lipinski definition) is 5. The summed E-state index contributed by atoms with van der Waals surface area (Å²) in [6.45, 7) is 1.45. The monoisotopic (exact) mass is 200 g/mol. The third kappa shape index (κ3) is 3.01. The molecule has 0 aliphatic heterocycles. The van der Waals surface area contributed by atoms with Gasteiger partial charge in [0.15, 0.2) is 0 Å². The number of rotatable bonds is 6. The van der Waals surface area contributed by atoms with Crippen molar-refractivity contribution in [3.63, 3.8) is 0 Å². The topological polar surface area (TPSA) is 58.7 Å². The molecule has 0 fully saturated rings. The number of nitrogens with zero attached hydrogens (tertiary/aromatic N) is 2. The van der Waals surface area contributed by atoms with E-state index in [1.807, 2.05) is 11.9 Å². The zero-order chi connectivity index (χ0) is 10.4. The first-order valence-electron chi connectivity index (χ1n) is 4.53. The molecule has 0 atom stereocenters. The van der Waals surface area contributed by atoms with Gasteiger partial charge in [-0.15, -0.1) is 0 Å². The van der Waals surface area contributed by atoms with Crippen LogP contribution < -0.4 is 4.90 Å². The average Bonchev–Trinajstić information content (AvgIpc) is 2.66. The summed E-state index contributed by atoms with van der Waals surface area (Å²) in [5.41, 5.74) is 0.554. The SMILES string of the molecule is COCCCN(C)c1nc(CO)co1. The second-order valence-corrected chi connectivity index (χ2v) is 3.05. The number of hydrogen-bond donors (Lipinski definition) is 1. The van der Waals surface area contributed by atoms with E-state index in [1.54, 1.807) is 7.11 Å². The lowest BCUT2D eigenvalue weighted by atomic mass is 10.4. The molecule has 0 amide bonds. The highest BCUT2D eigenvalue weighted by atomic mass is 16.5. The number of methoxy groups -OCH3 is 1. The summed E-state index contributed by atoms with van der Waals surface area (Å²) in [4.78, 5) is 5.96. The number of aromatic nitrogens is 1. The van der Waals surface area contributed by atoms with E-state index in [0.29, 0.717) is 11.7 Å². The molecule has 0 radical (unpaired) electrons. The van der Waals surface area contributed by atoms with E-state index >= 15 is 0 Å². The van der Waals surface area contributed by atoms with Crippen molar-refractivity contribution in [2.24, 2.45) is 0 Å². The molecular formula is C9H16N2O3. The van der Waals surface area contributed by atoms with Gasteiger partial charge in [0.2, 0.25) is 0 Å². The van der Waals surface area contributed by atoms with E-state index in [1.165, 1.54) is 6.26 Å². The van der Waals surface area contributed by atoms with Crippen LogP contribution in [0, 0.1) is 0 Å². The second kappa shape index (κ2) is 5.62. The Balaban J connectivity index is 2.39. The maximum absolute atomic E-state index is 8.79. The molecule has 0 saturated carbocycles. The molecule has 5 heteroatoms. The van der Waals surface area contributed by atoms with Gasteiger partial charge in [0.1, 0.15) is 12.0 Å². The summed E-state index contributed by atoms with van der Waals surface area (Å²) in [5, 5.41) is 8.79. The highest BCUT2D eigenvalue weighted by molar-refractivity contribution is 5.24. The van der Waals surface area contributed by atoms with Gasteiger partial charge in [-0.1, -0.05) is 0 Å². The number of ether oxygens (including phenoxy) is 1. The summed E-state index contributed by atoms with van der Waals surface area (Å²) in [6.07, 6.45) is 2.38. The molecule has 0 unspecified atom stereocenters. The molecule has 0 aliphatic carbocycles. The number of aliphatic hydroxyl groups excluding tert-OH is 1. The lowest BCUT2D eigenvalue weighted by Gasteiger charge is -2.13. The highest BCUT2D eigenvalue weighted by Gasteiger charge is 2.07. The van der Waals surface area contributed by atoms with Crippen molar-refractivity contribution in [2.75, 3.05) is 32.2 Å². The predicted molar refractivity (Wildman–Crippen MR) is 52.2 cm³/mol. The van der Waals surface area contributed by atoms with E-state index < -0.39 is 0 Å². The van der Waals surface area contributed by atoms with Crippen molar-refractivity contribution < 1.29 is 14.3 Å². The van der Waals surface area contributed by atoms with Crippen molar-refractivity contribution in [1.82, 2.24) is 4.98 Å². The fraction of sp³-hybridized carbons (Fsp3) is 0.667. The van der Waals surface area contributed by atoms with E-state index in [4.69, 9.17) is 14.3 Å². The third-order valence-corrected chi connectivity index (χ3v) is 1.87. The van der Waals surface area contributed by atoms with Gasteiger partial charge in [-0.2, -0.15) is 4.98 Å². The maximum Gasteiger partial charge on any atom is 0.297 e. The predicted octanol–water partition coefficient (Wildman–Crippen LogP) is 0.640. The van der Waals surface area contributed by atoms with Crippen LogP contribution in [0.4, 0.5) is 6.01 Å². The zero-order valence-corrected chi connectivity index (χ0v) is 8.56. The Kier molecular flexibility index (Phi) is 4.42. The molecule has 0 aromatic carbocycles. The van der Waals surface area contributed by atoms with Crippen LogP contribution >= 0.6 is 0 Å². The molecule has 1 aromatic heterocycles. The zero-order valence-electron chi connectivity index (χ0n) is 8.56. The molecule has 0 aliphatic rings. The van der Waals surface area contributed by atoms with Crippen LogP contribution in [0.1, 0.15) is 12.1 Å². The normalized spacial score (nSPS) is 10.5. The molecule has 0 spiro atoms. The molecule has 14 heavy (non-hydrogen) atoms.